The van der Waals surface area contributed by atoms with Gasteiger partial charge in [0.05, 0.1) is 0 Å². The number of hydrogen-bond donors (Lipinski definition) is 1. The number of thioether (sulfide) groups is 1. The molecule has 0 saturated heterocycles. The Balaban J connectivity index is 2.67. The van der Waals surface area contributed by atoms with E-state index in [9.17, 15) is 14.4 Å². The van der Waals surface area contributed by atoms with E-state index in [2.05, 4.69) is 5.32 Å². The fourth-order valence-corrected chi connectivity index (χ4v) is 2.85. The molecule has 0 aromatic heterocycles. The van der Waals surface area contributed by atoms with E-state index < -0.39 is 17.6 Å². The Morgan fingerprint density at radius 2 is 1.78 bits per heavy atom. The van der Waals surface area contributed by atoms with Crippen molar-refractivity contribution < 1.29 is 19.1 Å². The van der Waals surface area contributed by atoms with Crippen LogP contribution in [0.5, 0.6) is 0 Å². The molecule has 0 aliphatic rings. The van der Waals surface area contributed by atoms with Gasteiger partial charge in [-0.05, 0) is 39.7 Å². The number of carbonyl (C=O) groups excluding carboxylic acids is 3. The molecule has 0 heterocycles. The highest BCUT2D eigenvalue weighted by atomic mass is 32.2. The van der Waals surface area contributed by atoms with Gasteiger partial charge in [0.15, 0.2) is 5.12 Å². The second-order valence-corrected chi connectivity index (χ2v) is 8.54. The molecule has 27 heavy (non-hydrogen) atoms. The molecule has 1 atom stereocenters. The lowest BCUT2D eigenvalue weighted by Crippen LogP contribution is -2.49. The van der Waals surface area contributed by atoms with Crippen LogP contribution in [0.15, 0.2) is 30.3 Å². The molecule has 1 aromatic carbocycles. The first kappa shape index (κ1) is 23.0. The van der Waals surface area contributed by atoms with Crippen molar-refractivity contribution in [1.82, 2.24) is 10.2 Å². The van der Waals surface area contributed by atoms with E-state index >= 15 is 0 Å². The van der Waals surface area contributed by atoms with Crippen molar-refractivity contribution in [3.05, 3.63) is 35.9 Å². The zero-order chi connectivity index (χ0) is 20.4. The molecule has 0 fully saturated rings. The molecule has 0 radical (unpaired) electrons. The van der Waals surface area contributed by atoms with Crippen LogP contribution in [0.3, 0.4) is 0 Å². The second-order valence-electron chi connectivity index (χ2n) is 7.27. The average molecular weight is 395 g/mol. The van der Waals surface area contributed by atoms with Crippen LogP contribution in [0.1, 0.15) is 40.2 Å². The molecule has 2 amide bonds. The summed E-state index contributed by atoms with van der Waals surface area (Å²) in [5, 5.41) is 2.71. The fraction of sp³-hybridized carbons (Fsp3) is 0.550. The Morgan fingerprint density at radius 1 is 1.15 bits per heavy atom. The number of hydrogen-bond acceptors (Lipinski definition) is 5. The van der Waals surface area contributed by atoms with Crippen LogP contribution >= 0.6 is 11.8 Å². The number of urea groups is 1. The molecule has 0 aliphatic carbocycles. The molecule has 1 aromatic rings. The normalized spacial score (nSPS) is 12.2. The number of nitrogens with zero attached hydrogens (tertiary/aromatic N) is 1. The lowest BCUT2D eigenvalue weighted by molar-refractivity contribution is -0.156. The average Bonchev–Trinajstić information content (AvgIpc) is 2.56. The van der Waals surface area contributed by atoms with Crippen molar-refractivity contribution in [1.29, 1.82) is 0 Å². The van der Waals surface area contributed by atoms with Gasteiger partial charge in [-0.3, -0.25) is 4.79 Å². The standard InChI is InChI=1S/C20H30N2O4S/c1-15(18(24)26-20(3,4)5)21-19(25)22(13-14-27-16(2)23)12-11-17-9-7-6-8-10-17/h6-10,15H,11-14H2,1-5H3,(H,21,25)/t15-/m0/s1. The summed E-state index contributed by atoms with van der Waals surface area (Å²) in [6, 6.07) is 8.77. The maximum atomic E-state index is 12.6. The molecule has 1 rings (SSSR count). The monoisotopic (exact) mass is 394 g/mol. The summed E-state index contributed by atoms with van der Waals surface area (Å²) >= 11 is 1.18. The van der Waals surface area contributed by atoms with E-state index in [0.717, 1.165) is 5.56 Å². The molecule has 0 unspecified atom stereocenters. The maximum Gasteiger partial charge on any atom is 0.328 e. The Bertz CT molecular complexity index is 629. The van der Waals surface area contributed by atoms with Crippen molar-refractivity contribution in [3.63, 3.8) is 0 Å². The van der Waals surface area contributed by atoms with E-state index in [0.29, 0.717) is 25.3 Å². The van der Waals surface area contributed by atoms with Gasteiger partial charge in [-0.2, -0.15) is 0 Å². The first-order chi connectivity index (χ1) is 12.6. The SMILES string of the molecule is CC(=O)SCCN(CCc1ccccc1)C(=O)N[C@@H](C)C(=O)OC(C)(C)C. The summed E-state index contributed by atoms with van der Waals surface area (Å²) in [4.78, 5) is 37.5. The minimum Gasteiger partial charge on any atom is -0.458 e. The van der Waals surface area contributed by atoms with Gasteiger partial charge in [0, 0.05) is 25.8 Å². The van der Waals surface area contributed by atoms with Gasteiger partial charge < -0.3 is 15.0 Å². The Labute approximate surface area is 166 Å². The van der Waals surface area contributed by atoms with Crippen molar-refractivity contribution in [2.75, 3.05) is 18.8 Å². The summed E-state index contributed by atoms with van der Waals surface area (Å²) in [5.41, 5.74) is 0.510. The highest BCUT2D eigenvalue weighted by Crippen LogP contribution is 2.09. The smallest absolute Gasteiger partial charge is 0.328 e. The lowest BCUT2D eigenvalue weighted by Gasteiger charge is -2.26. The molecule has 1 N–H and O–H groups in total. The van der Waals surface area contributed by atoms with Crippen molar-refractivity contribution in [3.8, 4) is 0 Å². The molecular formula is C20H30N2O4S. The third-order valence-corrected chi connectivity index (χ3v) is 4.36. The summed E-state index contributed by atoms with van der Waals surface area (Å²) in [5.74, 6) is 0.0372. The molecular weight excluding hydrogens is 364 g/mol. The van der Waals surface area contributed by atoms with Gasteiger partial charge in [-0.1, -0.05) is 42.1 Å². The molecule has 6 nitrogen and oxygen atoms in total. The Hall–Kier alpha value is -2.02. The summed E-state index contributed by atoms with van der Waals surface area (Å²) in [7, 11) is 0. The number of carbonyl (C=O) groups is 3. The minimum absolute atomic E-state index is 0.0144. The molecule has 0 saturated carbocycles. The predicted octanol–water partition coefficient (Wildman–Crippen LogP) is 3.25. The van der Waals surface area contributed by atoms with Crippen LogP contribution in [0.2, 0.25) is 0 Å². The van der Waals surface area contributed by atoms with Gasteiger partial charge in [0.25, 0.3) is 0 Å². The van der Waals surface area contributed by atoms with E-state index in [1.807, 2.05) is 30.3 Å². The number of benzene rings is 1. The van der Waals surface area contributed by atoms with Gasteiger partial charge in [0.2, 0.25) is 0 Å². The van der Waals surface area contributed by atoms with Crippen LogP contribution in [-0.4, -0.2) is 52.5 Å². The van der Waals surface area contributed by atoms with Crippen molar-refractivity contribution in [2.45, 2.75) is 52.7 Å². The third kappa shape index (κ3) is 10.0. The molecule has 150 valence electrons. The minimum atomic E-state index is -0.753. The Morgan fingerprint density at radius 3 is 2.33 bits per heavy atom. The van der Waals surface area contributed by atoms with Crippen LogP contribution in [0.4, 0.5) is 4.79 Å². The number of amides is 2. The number of rotatable bonds is 8. The van der Waals surface area contributed by atoms with E-state index in [-0.39, 0.29) is 11.1 Å². The second kappa shape index (κ2) is 11.0. The lowest BCUT2D eigenvalue weighted by atomic mass is 10.1. The Kier molecular flexibility index (Phi) is 9.35. The maximum absolute atomic E-state index is 12.6. The highest BCUT2D eigenvalue weighted by molar-refractivity contribution is 8.13. The topological polar surface area (TPSA) is 75.7 Å². The third-order valence-electron chi connectivity index (χ3n) is 3.57. The highest BCUT2D eigenvalue weighted by Gasteiger charge is 2.24. The van der Waals surface area contributed by atoms with E-state index in [1.165, 1.54) is 18.7 Å². The van der Waals surface area contributed by atoms with Gasteiger partial charge >= 0.3 is 12.0 Å². The zero-order valence-corrected chi connectivity index (χ0v) is 17.6. The van der Waals surface area contributed by atoms with Crippen LogP contribution in [0.25, 0.3) is 0 Å². The summed E-state index contributed by atoms with van der Waals surface area (Å²) < 4.78 is 5.30. The number of nitrogens with one attached hydrogen (secondary N) is 1. The van der Waals surface area contributed by atoms with E-state index in [4.69, 9.17) is 4.74 Å². The van der Waals surface area contributed by atoms with Crippen LogP contribution in [-0.2, 0) is 20.7 Å². The predicted molar refractivity (Wildman–Crippen MR) is 109 cm³/mol. The summed E-state index contributed by atoms with van der Waals surface area (Å²) in [6.45, 7) is 9.37. The van der Waals surface area contributed by atoms with Gasteiger partial charge in [-0.25, -0.2) is 9.59 Å². The zero-order valence-electron chi connectivity index (χ0n) is 16.8. The molecule has 0 aliphatic heterocycles. The fourth-order valence-electron chi connectivity index (χ4n) is 2.25. The number of ether oxygens (including phenoxy) is 1. The largest absolute Gasteiger partial charge is 0.458 e. The van der Waals surface area contributed by atoms with Crippen LogP contribution in [0, 0.1) is 0 Å². The summed E-state index contributed by atoms with van der Waals surface area (Å²) in [6.07, 6.45) is 0.694. The quantitative estimate of drug-likeness (QED) is 0.685. The first-order valence-electron chi connectivity index (χ1n) is 9.04. The van der Waals surface area contributed by atoms with Gasteiger partial charge in [-0.15, -0.1) is 0 Å². The molecule has 0 bridgehead atoms. The van der Waals surface area contributed by atoms with Crippen molar-refractivity contribution in [2.24, 2.45) is 0 Å². The van der Waals surface area contributed by atoms with Crippen LogP contribution < -0.4 is 5.32 Å². The van der Waals surface area contributed by atoms with E-state index in [1.54, 1.807) is 32.6 Å². The first-order valence-corrected chi connectivity index (χ1v) is 10.0. The molecule has 0 spiro atoms. The van der Waals surface area contributed by atoms with Crippen molar-refractivity contribution >= 4 is 28.9 Å². The van der Waals surface area contributed by atoms with Gasteiger partial charge in [0.1, 0.15) is 11.6 Å². The molecule has 7 heteroatoms. The number of esters is 1.